The molecule has 0 saturated heterocycles. The second-order valence-electron chi connectivity index (χ2n) is 6.46. The van der Waals surface area contributed by atoms with Crippen molar-refractivity contribution in [3.8, 4) is 0 Å². The number of hydrogen-bond donors (Lipinski definition) is 3. The van der Waals surface area contributed by atoms with Gasteiger partial charge in [0.15, 0.2) is 0 Å². The van der Waals surface area contributed by atoms with Crippen LogP contribution in [0.25, 0.3) is 0 Å². The molecule has 1 aromatic rings. The fourth-order valence-electron chi connectivity index (χ4n) is 3.29. The van der Waals surface area contributed by atoms with E-state index >= 15 is 0 Å². The summed E-state index contributed by atoms with van der Waals surface area (Å²) in [5.41, 5.74) is 0.919. The number of alkyl carbamates (subject to hydrolysis) is 1. The molecule has 0 heterocycles. The van der Waals surface area contributed by atoms with Crippen LogP contribution in [0.1, 0.15) is 37.7 Å². The summed E-state index contributed by atoms with van der Waals surface area (Å²) in [5, 5.41) is 14.4. The first-order chi connectivity index (χ1) is 12.2. The Balaban J connectivity index is 1.82. The van der Waals surface area contributed by atoms with Gasteiger partial charge in [-0.25, -0.2) is 4.79 Å². The fraction of sp³-hybridized carbons (Fsp3) is 0.579. The predicted molar refractivity (Wildman–Crippen MR) is 94.8 cm³/mol. The molecule has 0 radical (unpaired) electrons. The predicted octanol–water partition coefficient (Wildman–Crippen LogP) is 2.22. The summed E-state index contributed by atoms with van der Waals surface area (Å²) < 4.78 is 5.20. The van der Waals surface area contributed by atoms with Crippen molar-refractivity contribution in [2.45, 2.75) is 38.7 Å². The average Bonchev–Trinajstić information content (AvgIpc) is 2.66. The molecule has 0 spiro atoms. The number of aliphatic hydroxyl groups excluding tert-OH is 1. The molecule has 138 valence electrons. The molecular weight excluding hydrogens is 320 g/mol. The number of rotatable bonds is 8. The van der Waals surface area contributed by atoms with E-state index < -0.39 is 6.09 Å². The van der Waals surface area contributed by atoms with Crippen LogP contribution in [0.2, 0.25) is 0 Å². The van der Waals surface area contributed by atoms with Gasteiger partial charge in [-0.3, -0.25) is 4.79 Å². The fourth-order valence-corrected chi connectivity index (χ4v) is 3.29. The topological polar surface area (TPSA) is 87.7 Å². The minimum absolute atomic E-state index is 0.0876. The van der Waals surface area contributed by atoms with Gasteiger partial charge in [0.1, 0.15) is 6.61 Å². The monoisotopic (exact) mass is 348 g/mol. The summed E-state index contributed by atoms with van der Waals surface area (Å²) in [7, 11) is 0. The van der Waals surface area contributed by atoms with E-state index in [2.05, 4.69) is 10.6 Å². The molecule has 1 saturated carbocycles. The van der Waals surface area contributed by atoms with Crippen molar-refractivity contribution in [2.24, 2.45) is 11.8 Å². The minimum Gasteiger partial charge on any atom is -0.445 e. The molecule has 1 aliphatic carbocycles. The summed E-state index contributed by atoms with van der Waals surface area (Å²) in [5.74, 6) is -0.123. The van der Waals surface area contributed by atoms with E-state index in [1.165, 1.54) is 6.42 Å². The molecule has 2 rings (SSSR count). The Hall–Kier alpha value is -2.08. The molecular formula is C19H28N2O4. The van der Waals surface area contributed by atoms with Gasteiger partial charge >= 0.3 is 6.09 Å². The number of nitrogens with one attached hydrogen (secondary N) is 2. The molecule has 6 nitrogen and oxygen atoms in total. The van der Waals surface area contributed by atoms with Crippen LogP contribution in [0, 0.1) is 11.8 Å². The minimum atomic E-state index is -0.514. The van der Waals surface area contributed by atoms with Gasteiger partial charge in [0.25, 0.3) is 0 Å². The second-order valence-corrected chi connectivity index (χ2v) is 6.46. The maximum atomic E-state index is 12.4. The lowest BCUT2D eigenvalue weighted by Gasteiger charge is -2.29. The molecule has 0 aliphatic heterocycles. The second kappa shape index (κ2) is 10.7. The SMILES string of the molecule is O=C(NC[C@H](C(=O)NCCO)C1CCCCC1)OCc1ccccc1. The first-order valence-corrected chi connectivity index (χ1v) is 9.04. The molecule has 6 heteroatoms. The van der Waals surface area contributed by atoms with Gasteiger partial charge in [-0.15, -0.1) is 0 Å². The zero-order valence-corrected chi connectivity index (χ0v) is 14.6. The van der Waals surface area contributed by atoms with E-state index in [1.807, 2.05) is 30.3 Å². The number of carbonyl (C=O) groups excluding carboxylic acids is 2. The van der Waals surface area contributed by atoms with Crippen LogP contribution in [-0.2, 0) is 16.1 Å². The molecule has 0 bridgehead atoms. The standard InChI is InChI=1S/C19H28N2O4/c22-12-11-20-18(23)17(16-9-5-2-6-10-16)13-21-19(24)25-14-15-7-3-1-4-8-15/h1,3-4,7-8,16-17,22H,2,5-6,9-14H2,(H,20,23)(H,21,24)/t17-/m0/s1. The maximum Gasteiger partial charge on any atom is 0.407 e. The van der Waals surface area contributed by atoms with Crippen LogP contribution in [0.4, 0.5) is 4.79 Å². The van der Waals surface area contributed by atoms with E-state index in [-0.39, 0.29) is 44.0 Å². The molecule has 0 aromatic heterocycles. The Morgan fingerprint density at radius 1 is 1.12 bits per heavy atom. The average molecular weight is 348 g/mol. The summed E-state index contributed by atoms with van der Waals surface area (Å²) >= 11 is 0. The van der Waals surface area contributed by atoms with Crippen molar-refractivity contribution < 1.29 is 19.4 Å². The summed E-state index contributed by atoms with van der Waals surface area (Å²) in [6.07, 6.45) is 4.92. The van der Waals surface area contributed by atoms with Crippen LogP contribution in [-0.4, -0.2) is 36.8 Å². The Morgan fingerprint density at radius 3 is 2.52 bits per heavy atom. The van der Waals surface area contributed by atoms with Crippen LogP contribution < -0.4 is 10.6 Å². The van der Waals surface area contributed by atoms with E-state index in [0.29, 0.717) is 0 Å². The Kier molecular flexibility index (Phi) is 8.25. The number of carbonyl (C=O) groups is 2. The van der Waals surface area contributed by atoms with Gasteiger partial charge in [-0.05, 0) is 24.3 Å². The maximum absolute atomic E-state index is 12.4. The van der Waals surface area contributed by atoms with Gasteiger partial charge in [0, 0.05) is 13.1 Å². The molecule has 1 atom stereocenters. The largest absolute Gasteiger partial charge is 0.445 e. The quantitative estimate of drug-likeness (QED) is 0.672. The van der Waals surface area contributed by atoms with E-state index in [4.69, 9.17) is 9.84 Å². The lowest BCUT2D eigenvalue weighted by molar-refractivity contribution is -0.127. The zero-order chi connectivity index (χ0) is 17.9. The number of ether oxygens (including phenoxy) is 1. The van der Waals surface area contributed by atoms with Crippen molar-refractivity contribution in [1.29, 1.82) is 0 Å². The molecule has 1 aliphatic rings. The third kappa shape index (κ3) is 6.74. The number of hydrogen-bond acceptors (Lipinski definition) is 4. The van der Waals surface area contributed by atoms with Crippen molar-refractivity contribution in [3.05, 3.63) is 35.9 Å². The Labute approximate surface area is 149 Å². The van der Waals surface area contributed by atoms with Crippen LogP contribution >= 0.6 is 0 Å². The van der Waals surface area contributed by atoms with Gasteiger partial charge in [0.2, 0.25) is 5.91 Å². The molecule has 1 aromatic carbocycles. The smallest absolute Gasteiger partial charge is 0.407 e. The van der Waals surface area contributed by atoms with Crippen molar-refractivity contribution in [1.82, 2.24) is 10.6 Å². The summed E-state index contributed by atoms with van der Waals surface area (Å²) in [4.78, 5) is 24.3. The normalized spacial score (nSPS) is 16.0. The highest BCUT2D eigenvalue weighted by Crippen LogP contribution is 2.30. The van der Waals surface area contributed by atoms with Gasteiger partial charge in [0.05, 0.1) is 12.5 Å². The van der Waals surface area contributed by atoms with Crippen LogP contribution in [0.5, 0.6) is 0 Å². The Bertz CT molecular complexity index is 529. The number of benzene rings is 1. The molecule has 0 unspecified atom stereocenters. The zero-order valence-electron chi connectivity index (χ0n) is 14.6. The van der Waals surface area contributed by atoms with Gasteiger partial charge < -0.3 is 20.5 Å². The molecule has 3 N–H and O–H groups in total. The van der Waals surface area contributed by atoms with E-state index in [9.17, 15) is 9.59 Å². The van der Waals surface area contributed by atoms with Crippen LogP contribution in [0.15, 0.2) is 30.3 Å². The summed E-state index contributed by atoms with van der Waals surface area (Å²) in [6, 6.07) is 9.46. The number of aliphatic hydroxyl groups is 1. The van der Waals surface area contributed by atoms with Gasteiger partial charge in [-0.2, -0.15) is 0 Å². The Morgan fingerprint density at radius 2 is 1.84 bits per heavy atom. The summed E-state index contributed by atoms with van der Waals surface area (Å²) in [6.45, 7) is 0.614. The van der Waals surface area contributed by atoms with Crippen molar-refractivity contribution >= 4 is 12.0 Å². The van der Waals surface area contributed by atoms with Crippen molar-refractivity contribution in [3.63, 3.8) is 0 Å². The first-order valence-electron chi connectivity index (χ1n) is 9.04. The highest BCUT2D eigenvalue weighted by molar-refractivity contribution is 5.80. The van der Waals surface area contributed by atoms with E-state index in [0.717, 1.165) is 31.2 Å². The highest BCUT2D eigenvalue weighted by atomic mass is 16.5. The third-order valence-corrected chi connectivity index (χ3v) is 4.65. The lowest BCUT2D eigenvalue weighted by atomic mass is 9.79. The third-order valence-electron chi connectivity index (χ3n) is 4.65. The number of amides is 2. The highest BCUT2D eigenvalue weighted by Gasteiger charge is 2.29. The van der Waals surface area contributed by atoms with Gasteiger partial charge in [-0.1, -0.05) is 49.6 Å². The first kappa shape index (κ1) is 19.2. The van der Waals surface area contributed by atoms with Crippen LogP contribution in [0.3, 0.4) is 0 Å². The van der Waals surface area contributed by atoms with E-state index in [1.54, 1.807) is 0 Å². The molecule has 25 heavy (non-hydrogen) atoms. The molecule has 1 fully saturated rings. The van der Waals surface area contributed by atoms with Crippen molar-refractivity contribution in [2.75, 3.05) is 19.7 Å². The molecule has 2 amide bonds. The lowest BCUT2D eigenvalue weighted by Crippen LogP contribution is -2.43.